The molecule has 0 saturated carbocycles. The average Bonchev–Trinajstić information content (AvgIpc) is 3.09. The summed E-state index contributed by atoms with van der Waals surface area (Å²) in [5.41, 5.74) is 3.04. The molecule has 23 heavy (non-hydrogen) atoms. The van der Waals surface area contributed by atoms with Crippen molar-refractivity contribution in [1.29, 1.82) is 0 Å². The highest BCUT2D eigenvalue weighted by atomic mass is 32.1. The van der Waals surface area contributed by atoms with Gasteiger partial charge in [-0.3, -0.25) is 0 Å². The molecule has 0 aliphatic heterocycles. The Morgan fingerprint density at radius 2 is 1.65 bits per heavy atom. The number of aromatic nitrogens is 3. The molecule has 112 valence electrons. The van der Waals surface area contributed by atoms with Crippen molar-refractivity contribution in [3.63, 3.8) is 0 Å². The molecular weight excluding hydrogens is 304 g/mol. The molecular formula is C18H14N4S. The van der Waals surface area contributed by atoms with Crippen LogP contribution in [-0.4, -0.2) is 15.2 Å². The molecule has 4 rings (SSSR count). The highest BCUT2D eigenvalue weighted by Gasteiger charge is 2.08. The molecule has 0 aliphatic rings. The Balaban J connectivity index is 1.54. The molecule has 2 heterocycles. The number of nitrogens with zero attached hydrogens (tertiary/aromatic N) is 3. The van der Waals surface area contributed by atoms with Gasteiger partial charge in [-0.25, -0.2) is 4.98 Å². The lowest BCUT2D eigenvalue weighted by atomic mass is 10.2. The first kappa shape index (κ1) is 13.8. The van der Waals surface area contributed by atoms with Gasteiger partial charge in [-0.15, -0.1) is 10.2 Å². The summed E-state index contributed by atoms with van der Waals surface area (Å²) in [5.74, 6) is 0. The van der Waals surface area contributed by atoms with Gasteiger partial charge in [-0.05, 0) is 17.7 Å². The highest BCUT2D eigenvalue weighted by molar-refractivity contribution is 7.18. The zero-order valence-electron chi connectivity index (χ0n) is 12.3. The van der Waals surface area contributed by atoms with Gasteiger partial charge < -0.3 is 5.32 Å². The first-order chi connectivity index (χ1) is 11.4. The van der Waals surface area contributed by atoms with Crippen molar-refractivity contribution in [1.82, 2.24) is 15.2 Å². The average molecular weight is 318 g/mol. The summed E-state index contributed by atoms with van der Waals surface area (Å²) in [6.45, 7) is 0.737. The Morgan fingerprint density at radius 1 is 0.826 bits per heavy atom. The predicted octanol–water partition coefficient (Wildman–Crippen LogP) is 4.37. The Bertz CT molecular complexity index is 934. The first-order valence-corrected chi connectivity index (χ1v) is 8.17. The zero-order chi connectivity index (χ0) is 15.5. The van der Waals surface area contributed by atoms with Crippen LogP contribution in [0.4, 0.5) is 5.13 Å². The smallest absolute Gasteiger partial charge is 0.206 e. The Kier molecular flexibility index (Phi) is 3.70. The summed E-state index contributed by atoms with van der Waals surface area (Å²) >= 11 is 1.52. The van der Waals surface area contributed by atoms with Crippen molar-refractivity contribution in [2.75, 3.05) is 5.32 Å². The van der Waals surface area contributed by atoms with E-state index in [1.54, 1.807) is 0 Å². The van der Waals surface area contributed by atoms with E-state index in [2.05, 4.69) is 44.8 Å². The van der Waals surface area contributed by atoms with E-state index in [9.17, 15) is 0 Å². The summed E-state index contributed by atoms with van der Waals surface area (Å²) in [4.78, 5) is 4.66. The van der Waals surface area contributed by atoms with Gasteiger partial charge in [0.15, 0.2) is 5.01 Å². The van der Waals surface area contributed by atoms with E-state index in [-0.39, 0.29) is 0 Å². The number of hydrogen-bond acceptors (Lipinski definition) is 5. The molecule has 0 unspecified atom stereocenters. The first-order valence-electron chi connectivity index (χ1n) is 7.36. The molecule has 0 aliphatic carbocycles. The molecule has 0 atom stereocenters. The van der Waals surface area contributed by atoms with Crippen LogP contribution in [0.5, 0.6) is 0 Å². The minimum atomic E-state index is 0.737. The van der Waals surface area contributed by atoms with Crippen molar-refractivity contribution in [3.8, 4) is 10.7 Å². The van der Waals surface area contributed by atoms with E-state index in [4.69, 9.17) is 0 Å². The summed E-state index contributed by atoms with van der Waals surface area (Å²) in [6, 6.07) is 22.4. The molecule has 0 bridgehead atoms. The van der Waals surface area contributed by atoms with Crippen LogP contribution in [0.1, 0.15) is 5.56 Å². The van der Waals surface area contributed by atoms with Crippen molar-refractivity contribution in [2.45, 2.75) is 6.54 Å². The van der Waals surface area contributed by atoms with Crippen LogP contribution in [0.15, 0.2) is 66.7 Å². The lowest BCUT2D eigenvalue weighted by Gasteiger charge is -2.01. The van der Waals surface area contributed by atoms with Crippen molar-refractivity contribution >= 4 is 27.4 Å². The third kappa shape index (κ3) is 3.05. The minimum Gasteiger partial charge on any atom is -0.356 e. The summed E-state index contributed by atoms with van der Waals surface area (Å²) in [7, 11) is 0. The van der Waals surface area contributed by atoms with Gasteiger partial charge in [-0.2, -0.15) is 0 Å². The van der Waals surface area contributed by atoms with Gasteiger partial charge in [0.1, 0.15) is 5.69 Å². The number of pyridine rings is 1. The standard InChI is InChI=1S/C18H14N4S/c1-2-6-13(7-3-1)12-19-18-22-21-17(23-18)16-11-10-14-8-4-5-9-15(14)20-16/h1-11H,12H2,(H,19,22). The third-order valence-corrected chi connectivity index (χ3v) is 4.43. The van der Waals surface area contributed by atoms with Gasteiger partial charge in [0, 0.05) is 11.9 Å². The molecule has 0 saturated heterocycles. The Hall–Kier alpha value is -2.79. The molecule has 5 heteroatoms. The van der Waals surface area contributed by atoms with Gasteiger partial charge in [0.25, 0.3) is 0 Å². The lowest BCUT2D eigenvalue weighted by molar-refractivity contribution is 1.05. The van der Waals surface area contributed by atoms with Crippen LogP contribution in [0.2, 0.25) is 0 Å². The zero-order valence-corrected chi connectivity index (χ0v) is 13.1. The van der Waals surface area contributed by atoms with Crippen molar-refractivity contribution in [2.24, 2.45) is 0 Å². The molecule has 1 N–H and O–H groups in total. The third-order valence-electron chi connectivity index (χ3n) is 3.53. The molecule has 0 fully saturated rings. The van der Waals surface area contributed by atoms with Gasteiger partial charge in [-0.1, -0.05) is 65.9 Å². The normalized spacial score (nSPS) is 10.8. The largest absolute Gasteiger partial charge is 0.356 e. The number of para-hydroxylation sites is 1. The van der Waals surface area contributed by atoms with Crippen LogP contribution in [-0.2, 0) is 6.54 Å². The Labute approximate surface area is 137 Å². The van der Waals surface area contributed by atoms with Crippen LogP contribution >= 0.6 is 11.3 Å². The van der Waals surface area contributed by atoms with Crippen LogP contribution in [0.25, 0.3) is 21.6 Å². The quantitative estimate of drug-likeness (QED) is 0.607. The van der Waals surface area contributed by atoms with Gasteiger partial charge >= 0.3 is 0 Å². The number of nitrogens with one attached hydrogen (secondary N) is 1. The molecule has 4 aromatic rings. The van der Waals surface area contributed by atoms with Crippen LogP contribution < -0.4 is 5.32 Å². The molecule has 4 nitrogen and oxygen atoms in total. The van der Waals surface area contributed by atoms with Crippen LogP contribution in [0.3, 0.4) is 0 Å². The highest BCUT2D eigenvalue weighted by Crippen LogP contribution is 2.26. The maximum Gasteiger partial charge on any atom is 0.206 e. The fourth-order valence-electron chi connectivity index (χ4n) is 2.36. The number of fused-ring (bicyclic) bond motifs is 1. The van der Waals surface area contributed by atoms with E-state index in [0.717, 1.165) is 33.3 Å². The van der Waals surface area contributed by atoms with Crippen molar-refractivity contribution < 1.29 is 0 Å². The van der Waals surface area contributed by atoms with Crippen molar-refractivity contribution in [3.05, 3.63) is 72.3 Å². The summed E-state index contributed by atoms with van der Waals surface area (Å²) in [5, 5.41) is 14.5. The SMILES string of the molecule is c1ccc(CNc2nnc(-c3ccc4ccccc4n3)s2)cc1. The monoisotopic (exact) mass is 318 g/mol. The van der Waals surface area contributed by atoms with E-state index in [1.807, 2.05) is 42.5 Å². The van der Waals surface area contributed by atoms with Gasteiger partial charge in [0.2, 0.25) is 5.13 Å². The molecule has 0 radical (unpaired) electrons. The Morgan fingerprint density at radius 3 is 2.57 bits per heavy atom. The lowest BCUT2D eigenvalue weighted by Crippen LogP contribution is -1.98. The maximum absolute atomic E-state index is 4.66. The number of rotatable bonds is 4. The number of hydrogen-bond donors (Lipinski definition) is 1. The molecule has 2 aromatic heterocycles. The second kappa shape index (κ2) is 6.14. The fourth-order valence-corrected chi connectivity index (χ4v) is 3.07. The molecule has 0 spiro atoms. The summed E-state index contributed by atoms with van der Waals surface area (Å²) in [6.07, 6.45) is 0. The van der Waals surface area contributed by atoms with E-state index < -0.39 is 0 Å². The molecule has 2 aromatic carbocycles. The van der Waals surface area contributed by atoms with E-state index >= 15 is 0 Å². The second-order valence-corrected chi connectivity index (χ2v) is 6.12. The maximum atomic E-state index is 4.66. The summed E-state index contributed by atoms with van der Waals surface area (Å²) < 4.78 is 0. The van der Waals surface area contributed by atoms with E-state index in [0.29, 0.717) is 0 Å². The fraction of sp³-hybridized carbons (Fsp3) is 0.0556. The number of benzene rings is 2. The second-order valence-electron chi connectivity index (χ2n) is 5.14. The topological polar surface area (TPSA) is 50.7 Å². The molecule has 0 amide bonds. The minimum absolute atomic E-state index is 0.737. The van der Waals surface area contributed by atoms with Gasteiger partial charge in [0.05, 0.1) is 5.52 Å². The van der Waals surface area contributed by atoms with Crippen LogP contribution in [0, 0.1) is 0 Å². The predicted molar refractivity (Wildman–Crippen MR) is 94.4 cm³/mol. The number of anilines is 1. The van der Waals surface area contributed by atoms with E-state index in [1.165, 1.54) is 16.9 Å².